The first-order chi connectivity index (χ1) is 7.22. The number of esters is 1. The third kappa shape index (κ3) is 1.61. The van der Waals surface area contributed by atoms with E-state index in [0.717, 1.165) is 0 Å². The van der Waals surface area contributed by atoms with E-state index in [1.807, 2.05) is 0 Å². The van der Waals surface area contributed by atoms with E-state index < -0.39 is 5.97 Å². The van der Waals surface area contributed by atoms with E-state index in [9.17, 15) is 9.59 Å². The number of pyridine rings is 1. The average Bonchev–Trinajstić information content (AvgIpc) is 2.60. The highest BCUT2D eigenvalue weighted by Gasteiger charge is 2.10. The summed E-state index contributed by atoms with van der Waals surface area (Å²) < 4.78 is 4.79. The van der Waals surface area contributed by atoms with Gasteiger partial charge < -0.3 is 4.74 Å². The number of carbonyl (C=O) groups excluding carboxylic acids is 1. The standard InChI is InChI=1S/C9H9N3O3/c1-2-15-9(14)5-3-6-7(10-4-5)11-12-8(6)13/h3-4H,2H2,1H3,(H2,10,11,12,13). The Hall–Kier alpha value is -2.11. The van der Waals surface area contributed by atoms with Gasteiger partial charge in [0.25, 0.3) is 5.56 Å². The van der Waals surface area contributed by atoms with Gasteiger partial charge in [-0.1, -0.05) is 0 Å². The number of hydrogen-bond acceptors (Lipinski definition) is 4. The Morgan fingerprint density at radius 3 is 3.07 bits per heavy atom. The number of rotatable bonds is 2. The maximum Gasteiger partial charge on any atom is 0.339 e. The van der Waals surface area contributed by atoms with Crippen molar-refractivity contribution in [3.05, 3.63) is 28.2 Å². The van der Waals surface area contributed by atoms with Crippen LogP contribution in [-0.2, 0) is 4.74 Å². The van der Waals surface area contributed by atoms with Crippen LogP contribution in [-0.4, -0.2) is 27.8 Å². The molecule has 0 unspecified atom stereocenters. The molecule has 0 atom stereocenters. The van der Waals surface area contributed by atoms with Crippen molar-refractivity contribution in [3.63, 3.8) is 0 Å². The number of nitrogens with one attached hydrogen (secondary N) is 2. The van der Waals surface area contributed by atoms with Crippen molar-refractivity contribution in [2.24, 2.45) is 0 Å². The summed E-state index contributed by atoms with van der Waals surface area (Å²) in [4.78, 5) is 26.5. The van der Waals surface area contributed by atoms with E-state index in [4.69, 9.17) is 4.74 Å². The number of ether oxygens (including phenoxy) is 1. The first-order valence-electron chi connectivity index (χ1n) is 4.46. The van der Waals surface area contributed by atoms with Crippen LogP contribution in [0, 0.1) is 0 Å². The fourth-order valence-electron chi connectivity index (χ4n) is 1.25. The topological polar surface area (TPSA) is 87.8 Å². The normalized spacial score (nSPS) is 10.5. The monoisotopic (exact) mass is 207 g/mol. The Balaban J connectivity index is 2.50. The zero-order chi connectivity index (χ0) is 10.8. The van der Waals surface area contributed by atoms with Crippen LogP contribution in [0.1, 0.15) is 17.3 Å². The lowest BCUT2D eigenvalue weighted by Gasteiger charge is -1.99. The number of nitrogens with zero attached hydrogens (tertiary/aromatic N) is 1. The van der Waals surface area contributed by atoms with E-state index in [1.54, 1.807) is 6.92 Å². The SMILES string of the molecule is CCOC(=O)c1cnc2[nH][nH]c(=O)c2c1. The van der Waals surface area contributed by atoms with Crippen molar-refractivity contribution in [1.29, 1.82) is 0 Å². The maximum atomic E-state index is 11.3. The lowest BCUT2D eigenvalue weighted by atomic mass is 10.2. The molecule has 0 amide bonds. The summed E-state index contributed by atoms with van der Waals surface area (Å²) in [6.45, 7) is 2.01. The first kappa shape index (κ1) is 9.45. The van der Waals surface area contributed by atoms with Gasteiger partial charge in [0.1, 0.15) is 0 Å². The van der Waals surface area contributed by atoms with Gasteiger partial charge >= 0.3 is 5.97 Å². The van der Waals surface area contributed by atoms with Gasteiger partial charge in [0.2, 0.25) is 0 Å². The molecule has 78 valence electrons. The van der Waals surface area contributed by atoms with Crippen molar-refractivity contribution in [2.45, 2.75) is 6.92 Å². The number of carbonyl (C=O) groups is 1. The number of aromatic nitrogens is 3. The number of H-pyrrole nitrogens is 2. The third-order valence-corrected chi connectivity index (χ3v) is 1.94. The van der Waals surface area contributed by atoms with Gasteiger partial charge in [0.05, 0.1) is 17.6 Å². The third-order valence-electron chi connectivity index (χ3n) is 1.94. The zero-order valence-corrected chi connectivity index (χ0v) is 8.03. The summed E-state index contributed by atoms with van der Waals surface area (Å²) in [7, 11) is 0. The molecule has 0 radical (unpaired) electrons. The quantitative estimate of drug-likeness (QED) is 0.699. The number of hydrogen-bond donors (Lipinski definition) is 2. The van der Waals surface area contributed by atoms with Crippen LogP contribution < -0.4 is 5.56 Å². The molecular formula is C9H9N3O3. The molecule has 15 heavy (non-hydrogen) atoms. The molecule has 6 nitrogen and oxygen atoms in total. The number of aromatic amines is 2. The fraction of sp³-hybridized carbons (Fsp3) is 0.222. The molecule has 0 saturated heterocycles. The molecule has 0 saturated carbocycles. The van der Waals surface area contributed by atoms with Crippen LogP contribution in [0.15, 0.2) is 17.1 Å². The van der Waals surface area contributed by atoms with E-state index in [-0.39, 0.29) is 11.1 Å². The summed E-state index contributed by atoms with van der Waals surface area (Å²) in [6, 6.07) is 1.45. The highest BCUT2D eigenvalue weighted by molar-refractivity contribution is 5.92. The van der Waals surface area contributed by atoms with Crippen LogP contribution in [0.5, 0.6) is 0 Å². The van der Waals surface area contributed by atoms with Gasteiger partial charge in [-0.3, -0.25) is 15.0 Å². The minimum absolute atomic E-state index is 0.273. The maximum absolute atomic E-state index is 11.3. The van der Waals surface area contributed by atoms with Crippen LogP contribution in [0.3, 0.4) is 0 Å². The second kappa shape index (κ2) is 3.56. The summed E-state index contributed by atoms with van der Waals surface area (Å²) in [5.41, 5.74) is 0.395. The van der Waals surface area contributed by atoms with Crippen molar-refractivity contribution in [3.8, 4) is 0 Å². The molecule has 0 aliphatic heterocycles. The molecule has 2 heterocycles. The summed E-state index contributed by atoms with van der Waals surface area (Å²) in [5.74, 6) is -0.479. The van der Waals surface area contributed by atoms with E-state index in [0.29, 0.717) is 17.6 Å². The Kier molecular flexibility index (Phi) is 2.24. The fourth-order valence-corrected chi connectivity index (χ4v) is 1.25. The molecule has 6 heteroatoms. The molecule has 0 bridgehead atoms. The first-order valence-corrected chi connectivity index (χ1v) is 4.46. The van der Waals surface area contributed by atoms with E-state index in [2.05, 4.69) is 15.2 Å². The molecule has 2 aromatic heterocycles. The predicted octanol–water partition coefficient (Wildman–Crippen LogP) is 0.428. The minimum Gasteiger partial charge on any atom is -0.462 e. The van der Waals surface area contributed by atoms with Crippen LogP contribution >= 0.6 is 0 Å². The second-order valence-electron chi connectivity index (χ2n) is 2.92. The zero-order valence-electron chi connectivity index (χ0n) is 8.03. The van der Waals surface area contributed by atoms with Crippen molar-refractivity contribution in [2.75, 3.05) is 6.61 Å². The van der Waals surface area contributed by atoms with E-state index in [1.165, 1.54) is 12.3 Å². The lowest BCUT2D eigenvalue weighted by molar-refractivity contribution is 0.0526. The van der Waals surface area contributed by atoms with Crippen molar-refractivity contribution >= 4 is 17.0 Å². The second-order valence-corrected chi connectivity index (χ2v) is 2.92. The lowest BCUT2D eigenvalue weighted by Crippen LogP contribution is -2.06. The van der Waals surface area contributed by atoms with Gasteiger partial charge in [-0.25, -0.2) is 9.78 Å². The highest BCUT2D eigenvalue weighted by Crippen LogP contribution is 2.07. The Labute approximate surface area is 84.3 Å². The molecule has 0 aromatic carbocycles. The molecule has 2 rings (SSSR count). The van der Waals surface area contributed by atoms with Crippen LogP contribution in [0.4, 0.5) is 0 Å². The van der Waals surface area contributed by atoms with Crippen molar-refractivity contribution in [1.82, 2.24) is 15.2 Å². The Bertz CT molecular complexity index is 555. The molecule has 2 N–H and O–H groups in total. The highest BCUT2D eigenvalue weighted by atomic mass is 16.5. The largest absolute Gasteiger partial charge is 0.462 e. The van der Waals surface area contributed by atoms with Crippen molar-refractivity contribution < 1.29 is 9.53 Å². The molecule has 0 aliphatic carbocycles. The Morgan fingerprint density at radius 1 is 1.53 bits per heavy atom. The summed E-state index contributed by atoms with van der Waals surface area (Å²) in [5, 5.41) is 5.31. The molecular weight excluding hydrogens is 198 g/mol. The van der Waals surface area contributed by atoms with E-state index >= 15 is 0 Å². The summed E-state index contributed by atoms with van der Waals surface area (Å²) in [6.07, 6.45) is 1.37. The van der Waals surface area contributed by atoms with Crippen LogP contribution in [0.2, 0.25) is 0 Å². The molecule has 0 aliphatic rings. The smallest absolute Gasteiger partial charge is 0.339 e. The number of fused-ring (bicyclic) bond motifs is 1. The molecule has 0 fully saturated rings. The van der Waals surface area contributed by atoms with Gasteiger partial charge in [0.15, 0.2) is 5.65 Å². The predicted molar refractivity (Wildman–Crippen MR) is 52.7 cm³/mol. The average molecular weight is 207 g/mol. The van der Waals surface area contributed by atoms with Crippen LogP contribution in [0.25, 0.3) is 11.0 Å². The molecule has 2 aromatic rings. The molecule has 0 spiro atoms. The van der Waals surface area contributed by atoms with Gasteiger partial charge in [0, 0.05) is 6.20 Å². The summed E-state index contributed by atoms with van der Waals surface area (Å²) >= 11 is 0. The van der Waals surface area contributed by atoms with Gasteiger partial charge in [-0.15, -0.1) is 0 Å². The Morgan fingerprint density at radius 2 is 2.33 bits per heavy atom. The van der Waals surface area contributed by atoms with Gasteiger partial charge in [-0.2, -0.15) is 0 Å². The van der Waals surface area contributed by atoms with Gasteiger partial charge in [-0.05, 0) is 13.0 Å². The minimum atomic E-state index is -0.479.